The van der Waals surface area contributed by atoms with E-state index in [2.05, 4.69) is 6.92 Å². The second-order valence-electron chi connectivity index (χ2n) is 8.24. The summed E-state index contributed by atoms with van der Waals surface area (Å²) in [6, 6.07) is 9.63. The normalized spacial score (nSPS) is 12.1. The van der Waals surface area contributed by atoms with Crippen LogP contribution in [-0.2, 0) is 26.7 Å². The molecule has 2 rings (SSSR count). The largest absolute Gasteiger partial charge is 0.456 e. The molecule has 0 fully saturated rings. The molecule has 0 spiro atoms. The lowest BCUT2D eigenvalue weighted by Crippen LogP contribution is -2.03. The van der Waals surface area contributed by atoms with Gasteiger partial charge in [0, 0.05) is 6.07 Å². The molecule has 0 aromatic heterocycles. The van der Waals surface area contributed by atoms with Crippen molar-refractivity contribution in [3.05, 3.63) is 48.0 Å². The minimum Gasteiger partial charge on any atom is -0.456 e. The molecule has 0 radical (unpaired) electrons. The van der Waals surface area contributed by atoms with Crippen LogP contribution in [0.15, 0.2) is 52.3 Å². The Bertz CT molecular complexity index is 1090. The summed E-state index contributed by atoms with van der Waals surface area (Å²) in [7, 11) is -9.01. The van der Waals surface area contributed by atoms with Gasteiger partial charge < -0.3 is 4.74 Å². The number of hydrogen-bond acceptors (Lipinski definition) is 5. The zero-order valence-corrected chi connectivity index (χ0v) is 20.7. The quantitative estimate of drug-likeness (QED) is 0.214. The van der Waals surface area contributed by atoms with Crippen LogP contribution < -0.4 is 4.74 Å². The molecule has 9 heteroatoms. The molecule has 184 valence electrons. The summed E-state index contributed by atoms with van der Waals surface area (Å²) in [6.45, 7) is 2.21. The molecule has 0 saturated carbocycles. The zero-order valence-electron chi connectivity index (χ0n) is 19.1. The fourth-order valence-electron chi connectivity index (χ4n) is 3.67. The number of aryl methyl sites for hydroxylation is 1. The van der Waals surface area contributed by atoms with Crippen LogP contribution in [0.25, 0.3) is 0 Å². The highest BCUT2D eigenvalue weighted by Gasteiger charge is 2.18. The van der Waals surface area contributed by atoms with Crippen LogP contribution in [0.4, 0.5) is 0 Å². The van der Waals surface area contributed by atoms with Crippen LogP contribution in [0.2, 0.25) is 0 Å². The molecule has 0 unspecified atom stereocenters. The Kier molecular flexibility index (Phi) is 10.8. The third kappa shape index (κ3) is 9.83. The Morgan fingerprint density at radius 3 is 1.88 bits per heavy atom. The second-order valence-corrected chi connectivity index (χ2v) is 11.1. The summed E-state index contributed by atoms with van der Waals surface area (Å²) in [6.07, 6.45) is 12.4. The summed E-state index contributed by atoms with van der Waals surface area (Å²) < 4.78 is 71.1. The van der Waals surface area contributed by atoms with Crippen molar-refractivity contribution >= 4 is 20.2 Å². The molecular formula is C24H34O7S2. The van der Waals surface area contributed by atoms with Gasteiger partial charge in [0.05, 0.1) is 4.90 Å². The Labute approximate surface area is 197 Å². The van der Waals surface area contributed by atoms with E-state index in [9.17, 15) is 25.9 Å². The lowest BCUT2D eigenvalue weighted by molar-refractivity contribution is 0.446. The van der Waals surface area contributed by atoms with Crippen LogP contribution >= 0.6 is 0 Å². The van der Waals surface area contributed by atoms with Gasteiger partial charge >= 0.3 is 0 Å². The van der Waals surface area contributed by atoms with E-state index < -0.39 is 25.1 Å². The predicted molar refractivity (Wildman–Crippen MR) is 128 cm³/mol. The second kappa shape index (κ2) is 13.1. The Hall–Kier alpha value is -1.94. The van der Waals surface area contributed by atoms with Crippen molar-refractivity contribution in [2.45, 2.75) is 87.3 Å². The van der Waals surface area contributed by atoms with Crippen LogP contribution in [0.3, 0.4) is 0 Å². The predicted octanol–water partition coefficient (Wildman–Crippen LogP) is 6.44. The first-order valence-corrected chi connectivity index (χ1v) is 14.3. The monoisotopic (exact) mass is 498 g/mol. The highest BCUT2D eigenvalue weighted by Crippen LogP contribution is 2.31. The average Bonchev–Trinajstić information content (AvgIpc) is 2.74. The van der Waals surface area contributed by atoms with E-state index in [-0.39, 0.29) is 16.4 Å². The summed E-state index contributed by atoms with van der Waals surface area (Å²) in [4.78, 5) is -0.759. The van der Waals surface area contributed by atoms with Gasteiger partial charge in [0.1, 0.15) is 16.4 Å². The van der Waals surface area contributed by atoms with Crippen LogP contribution in [0, 0.1) is 0 Å². The van der Waals surface area contributed by atoms with Gasteiger partial charge in [0.25, 0.3) is 20.2 Å². The number of benzene rings is 2. The minimum atomic E-state index is -4.53. The lowest BCUT2D eigenvalue weighted by Gasteiger charge is -2.12. The van der Waals surface area contributed by atoms with E-state index in [1.165, 1.54) is 75.3 Å². The molecule has 2 aromatic rings. The van der Waals surface area contributed by atoms with Crippen molar-refractivity contribution in [2.24, 2.45) is 0 Å². The molecule has 0 heterocycles. The topological polar surface area (TPSA) is 118 Å². The minimum absolute atomic E-state index is 0.0586. The van der Waals surface area contributed by atoms with Gasteiger partial charge in [-0.3, -0.25) is 9.11 Å². The van der Waals surface area contributed by atoms with Crippen molar-refractivity contribution in [3.8, 4) is 11.5 Å². The number of ether oxygens (including phenoxy) is 1. The Morgan fingerprint density at radius 1 is 0.727 bits per heavy atom. The maximum Gasteiger partial charge on any atom is 0.298 e. The maximum atomic E-state index is 11.7. The van der Waals surface area contributed by atoms with Gasteiger partial charge in [-0.25, -0.2) is 0 Å². The van der Waals surface area contributed by atoms with Crippen molar-refractivity contribution in [1.29, 1.82) is 0 Å². The van der Waals surface area contributed by atoms with E-state index in [4.69, 9.17) is 4.74 Å². The van der Waals surface area contributed by atoms with Crippen LogP contribution in [-0.4, -0.2) is 25.9 Å². The lowest BCUT2D eigenvalue weighted by atomic mass is 10.0. The van der Waals surface area contributed by atoms with Gasteiger partial charge in [-0.05, 0) is 42.7 Å². The van der Waals surface area contributed by atoms with Crippen molar-refractivity contribution in [1.82, 2.24) is 0 Å². The standard InChI is InChI=1S/C24H34O7S2/c1-2-3-4-5-6-7-8-9-10-11-14-20-17-21(19-22(18-20)32(25,26)27)31-23-15-12-13-16-24(23)33(28,29)30/h12-13,15-19H,2-11,14H2,1H3,(H,25,26,27)(H,28,29,30). The van der Waals surface area contributed by atoms with Crippen molar-refractivity contribution < 1.29 is 30.7 Å². The fourth-order valence-corrected chi connectivity index (χ4v) is 4.85. The molecule has 0 amide bonds. The molecule has 0 bridgehead atoms. The van der Waals surface area contributed by atoms with Gasteiger partial charge in [-0.1, -0.05) is 76.8 Å². The van der Waals surface area contributed by atoms with Gasteiger partial charge in [0.2, 0.25) is 0 Å². The third-order valence-corrected chi connectivity index (χ3v) is 7.14. The highest BCUT2D eigenvalue weighted by molar-refractivity contribution is 7.86. The molecule has 2 aromatic carbocycles. The van der Waals surface area contributed by atoms with Crippen molar-refractivity contribution in [3.63, 3.8) is 0 Å². The smallest absolute Gasteiger partial charge is 0.298 e. The summed E-state index contributed by atoms with van der Waals surface area (Å²) in [5, 5.41) is 0. The van der Waals surface area contributed by atoms with E-state index in [1.807, 2.05) is 0 Å². The Morgan fingerprint density at radius 2 is 1.30 bits per heavy atom. The first kappa shape index (κ1) is 27.3. The van der Waals surface area contributed by atoms with Crippen molar-refractivity contribution in [2.75, 3.05) is 0 Å². The van der Waals surface area contributed by atoms with Crippen LogP contribution in [0.1, 0.15) is 76.7 Å². The van der Waals surface area contributed by atoms with E-state index in [0.29, 0.717) is 12.0 Å². The molecule has 7 nitrogen and oxygen atoms in total. The maximum absolute atomic E-state index is 11.7. The van der Waals surface area contributed by atoms with Gasteiger partial charge in [-0.2, -0.15) is 16.8 Å². The SMILES string of the molecule is CCCCCCCCCCCCc1cc(Oc2ccccc2S(=O)(=O)O)cc(S(=O)(=O)O)c1. The number of hydrogen-bond donors (Lipinski definition) is 2. The highest BCUT2D eigenvalue weighted by atomic mass is 32.2. The van der Waals surface area contributed by atoms with E-state index >= 15 is 0 Å². The first-order valence-electron chi connectivity index (χ1n) is 11.5. The number of unbranched alkanes of at least 4 members (excludes halogenated alkanes) is 9. The number of para-hydroxylation sites is 1. The molecule has 2 N–H and O–H groups in total. The molecule has 0 aliphatic rings. The van der Waals surface area contributed by atoms with Gasteiger partial charge in [-0.15, -0.1) is 0 Å². The molecule has 0 aliphatic heterocycles. The molecule has 0 atom stereocenters. The summed E-state index contributed by atoms with van der Waals surface area (Å²) in [5.74, 6) is -0.0827. The zero-order chi connectivity index (χ0) is 24.3. The van der Waals surface area contributed by atoms with Crippen LogP contribution in [0.5, 0.6) is 11.5 Å². The average molecular weight is 499 g/mol. The third-order valence-electron chi connectivity index (χ3n) is 5.41. The van der Waals surface area contributed by atoms with E-state index in [0.717, 1.165) is 25.3 Å². The molecule has 0 aliphatic carbocycles. The molecule has 0 saturated heterocycles. The first-order chi connectivity index (χ1) is 15.6. The number of rotatable bonds is 15. The van der Waals surface area contributed by atoms with Gasteiger partial charge in [0.15, 0.2) is 0 Å². The summed E-state index contributed by atoms with van der Waals surface area (Å²) in [5.41, 5.74) is 0.657. The molecule has 33 heavy (non-hydrogen) atoms. The fraction of sp³-hybridized carbons (Fsp3) is 0.500. The van der Waals surface area contributed by atoms with E-state index in [1.54, 1.807) is 6.07 Å². The Balaban J connectivity index is 2.01. The molecular weight excluding hydrogens is 464 g/mol. The summed E-state index contributed by atoms with van der Waals surface area (Å²) >= 11 is 0.